The fourth-order valence-electron chi connectivity index (χ4n) is 4.85. The van der Waals surface area contributed by atoms with Crippen LogP contribution in [0.25, 0.3) is 0 Å². The minimum Gasteiger partial charge on any atom is -0.381 e. The summed E-state index contributed by atoms with van der Waals surface area (Å²) < 4.78 is 5.47. The number of nitrogens with zero attached hydrogens (tertiary/aromatic N) is 1. The molecule has 6 heteroatoms. The number of nitrogens with one attached hydrogen (secondary N) is 1. The summed E-state index contributed by atoms with van der Waals surface area (Å²) >= 11 is 0. The van der Waals surface area contributed by atoms with Crippen molar-refractivity contribution < 1.29 is 19.5 Å². The number of hydrogen-bond acceptors (Lipinski definition) is 4. The van der Waals surface area contributed by atoms with E-state index in [1.54, 1.807) is 12.6 Å². The van der Waals surface area contributed by atoms with Crippen LogP contribution in [0.15, 0.2) is 24.3 Å². The molecular weight excluding hydrogens is 356 g/mol. The van der Waals surface area contributed by atoms with Crippen LogP contribution in [0.2, 0.25) is 0 Å². The van der Waals surface area contributed by atoms with E-state index in [9.17, 15) is 9.59 Å². The molecule has 2 aliphatic rings. The lowest BCUT2D eigenvalue weighted by Crippen LogP contribution is -2.48. The molecule has 1 heterocycles. The van der Waals surface area contributed by atoms with Gasteiger partial charge in [-0.3, -0.25) is 14.8 Å². The monoisotopic (exact) mass is 388 g/mol. The van der Waals surface area contributed by atoms with Crippen LogP contribution >= 0.6 is 0 Å². The van der Waals surface area contributed by atoms with Gasteiger partial charge in [-0.25, -0.2) is 5.48 Å². The minimum absolute atomic E-state index is 0.0842. The summed E-state index contributed by atoms with van der Waals surface area (Å²) in [4.78, 5) is 27.4. The fourth-order valence-corrected chi connectivity index (χ4v) is 4.85. The normalized spacial score (nSPS) is 29.0. The Morgan fingerprint density at radius 1 is 1.29 bits per heavy atom. The van der Waals surface area contributed by atoms with Crippen molar-refractivity contribution in [3.8, 4) is 0 Å². The van der Waals surface area contributed by atoms with Gasteiger partial charge in [-0.15, -0.1) is 0 Å². The number of methoxy groups -OCH3 is 1. The number of carbonyl (C=O) groups is 2. The van der Waals surface area contributed by atoms with Crippen molar-refractivity contribution in [3.05, 3.63) is 35.4 Å². The molecule has 2 amide bonds. The molecule has 3 rings (SSSR count). The number of aryl methyl sites for hydroxylation is 1. The van der Waals surface area contributed by atoms with Crippen molar-refractivity contribution in [2.24, 2.45) is 5.92 Å². The van der Waals surface area contributed by atoms with Gasteiger partial charge in [0.15, 0.2) is 0 Å². The average molecular weight is 389 g/mol. The second kappa shape index (κ2) is 8.62. The molecule has 2 atom stereocenters. The molecule has 2 fully saturated rings. The first-order valence-corrected chi connectivity index (χ1v) is 10.2. The van der Waals surface area contributed by atoms with Crippen LogP contribution < -0.4 is 5.48 Å². The fraction of sp³-hybridized carbons (Fsp3) is 0.636. The van der Waals surface area contributed by atoms with Gasteiger partial charge in [0.2, 0.25) is 11.8 Å². The summed E-state index contributed by atoms with van der Waals surface area (Å²) in [6.07, 6.45) is 4.86. The Bertz CT molecular complexity index is 697. The van der Waals surface area contributed by atoms with E-state index >= 15 is 0 Å². The Kier molecular flexibility index (Phi) is 6.40. The highest BCUT2D eigenvalue weighted by Crippen LogP contribution is 2.40. The molecule has 1 saturated carbocycles. The lowest BCUT2D eigenvalue weighted by Gasteiger charge is -2.38. The number of rotatable bonds is 6. The van der Waals surface area contributed by atoms with Gasteiger partial charge in [-0.2, -0.15) is 0 Å². The van der Waals surface area contributed by atoms with Crippen LogP contribution in [0.1, 0.15) is 56.6 Å². The predicted octanol–water partition coefficient (Wildman–Crippen LogP) is 2.95. The summed E-state index contributed by atoms with van der Waals surface area (Å²) in [7, 11) is 1.73. The molecule has 0 aromatic heterocycles. The number of amides is 2. The third-order valence-corrected chi connectivity index (χ3v) is 6.79. The average Bonchev–Trinajstić information content (AvgIpc) is 3.02. The Hall–Kier alpha value is -1.92. The number of carbonyl (C=O) groups excluding carboxylic acids is 2. The first-order chi connectivity index (χ1) is 13.4. The number of hydrogen-bond donors (Lipinski definition) is 2. The summed E-state index contributed by atoms with van der Waals surface area (Å²) in [6.45, 7) is 4.68. The third-order valence-electron chi connectivity index (χ3n) is 6.79. The Balaban J connectivity index is 1.81. The van der Waals surface area contributed by atoms with Gasteiger partial charge in [0.05, 0.1) is 11.5 Å². The van der Waals surface area contributed by atoms with E-state index < -0.39 is 11.3 Å². The maximum atomic E-state index is 13.5. The van der Waals surface area contributed by atoms with E-state index in [1.165, 1.54) is 5.56 Å². The molecule has 28 heavy (non-hydrogen) atoms. The maximum absolute atomic E-state index is 13.5. The SMILES string of the molecule is COC1CCC([C@H](CC(=O)NO)N2CCC(C)(c3ccc(C)cc3)C2=O)CC1. The molecule has 0 spiro atoms. The van der Waals surface area contributed by atoms with E-state index in [4.69, 9.17) is 9.94 Å². The maximum Gasteiger partial charge on any atom is 0.245 e. The molecule has 2 N–H and O–H groups in total. The molecule has 1 unspecified atom stereocenters. The molecule has 0 bridgehead atoms. The highest BCUT2D eigenvalue weighted by molar-refractivity contribution is 5.90. The number of hydroxylamine groups is 1. The van der Waals surface area contributed by atoms with Crippen molar-refractivity contribution in [2.75, 3.05) is 13.7 Å². The van der Waals surface area contributed by atoms with Crippen LogP contribution in [0, 0.1) is 12.8 Å². The zero-order valence-corrected chi connectivity index (χ0v) is 17.1. The Morgan fingerprint density at radius 2 is 1.93 bits per heavy atom. The number of benzene rings is 1. The van der Waals surface area contributed by atoms with E-state index in [1.807, 2.05) is 43.0 Å². The molecule has 6 nitrogen and oxygen atoms in total. The van der Waals surface area contributed by atoms with Gasteiger partial charge in [0, 0.05) is 26.1 Å². The topological polar surface area (TPSA) is 78.9 Å². The summed E-state index contributed by atoms with van der Waals surface area (Å²) in [5.74, 6) is -0.107. The number of ether oxygens (including phenoxy) is 1. The van der Waals surface area contributed by atoms with E-state index in [-0.39, 0.29) is 30.4 Å². The standard InChI is InChI=1S/C22H32N2O4/c1-15-4-8-17(9-5-15)22(2)12-13-24(21(22)26)19(14-20(25)23-27)16-6-10-18(28-3)11-7-16/h4-5,8-9,16,18-19,27H,6-7,10-14H2,1-3H3,(H,23,25)/t16?,18?,19-,22?/m0/s1. The largest absolute Gasteiger partial charge is 0.381 e. The predicted molar refractivity (Wildman–Crippen MR) is 106 cm³/mol. The molecule has 1 aliphatic carbocycles. The first-order valence-electron chi connectivity index (χ1n) is 10.2. The van der Waals surface area contributed by atoms with E-state index in [2.05, 4.69) is 0 Å². The smallest absolute Gasteiger partial charge is 0.245 e. The highest BCUT2D eigenvalue weighted by atomic mass is 16.5. The summed E-state index contributed by atoms with van der Waals surface area (Å²) in [5, 5.41) is 9.05. The van der Waals surface area contributed by atoms with Gasteiger partial charge in [0.25, 0.3) is 0 Å². The van der Waals surface area contributed by atoms with E-state index in [0.29, 0.717) is 6.54 Å². The van der Waals surface area contributed by atoms with Crippen LogP contribution in [-0.2, 0) is 19.7 Å². The van der Waals surface area contributed by atoms with Crippen LogP contribution in [-0.4, -0.2) is 47.7 Å². The van der Waals surface area contributed by atoms with Gasteiger partial charge in [-0.1, -0.05) is 29.8 Å². The van der Waals surface area contributed by atoms with Crippen molar-refractivity contribution >= 4 is 11.8 Å². The molecule has 154 valence electrons. The summed E-state index contributed by atoms with van der Waals surface area (Å²) in [6, 6.07) is 7.97. The van der Waals surface area contributed by atoms with Crippen LogP contribution in [0.4, 0.5) is 0 Å². The Morgan fingerprint density at radius 3 is 2.50 bits per heavy atom. The van der Waals surface area contributed by atoms with Crippen molar-refractivity contribution in [1.29, 1.82) is 0 Å². The summed E-state index contributed by atoms with van der Waals surface area (Å²) in [5.41, 5.74) is 3.38. The third kappa shape index (κ3) is 4.08. The zero-order chi connectivity index (χ0) is 20.3. The van der Waals surface area contributed by atoms with Gasteiger partial charge in [-0.05, 0) is 57.4 Å². The lowest BCUT2D eigenvalue weighted by atomic mass is 9.79. The Labute approximate surface area is 167 Å². The van der Waals surface area contributed by atoms with Crippen molar-refractivity contribution in [1.82, 2.24) is 10.4 Å². The molecule has 1 saturated heterocycles. The minimum atomic E-state index is -0.564. The molecule has 1 aromatic rings. The second-order valence-electron chi connectivity index (χ2n) is 8.53. The zero-order valence-electron chi connectivity index (χ0n) is 17.1. The van der Waals surface area contributed by atoms with Crippen molar-refractivity contribution in [3.63, 3.8) is 0 Å². The lowest BCUT2D eigenvalue weighted by molar-refractivity contribution is -0.138. The molecule has 0 radical (unpaired) electrons. The first kappa shape index (κ1) is 20.8. The number of likely N-dealkylation sites (tertiary alicyclic amines) is 1. The molecule has 1 aliphatic heterocycles. The highest BCUT2D eigenvalue weighted by Gasteiger charge is 2.48. The van der Waals surface area contributed by atoms with E-state index in [0.717, 1.165) is 37.7 Å². The molecular formula is C22H32N2O4. The van der Waals surface area contributed by atoms with Crippen molar-refractivity contribution in [2.45, 2.75) is 69.9 Å². The van der Waals surface area contributed by atoms with Crippen LogP contribution in [0.3, 0.4) is 0 Å². The quantitative estimate of drug-likeness (QED) is 0.580. The van der Waals surface area contributed by atoms with Gasteiger partial charge < -0.3 is 9.64 Å². The van der Waals surface area contributed by atoms with Gasteiger partial charge >= 0.3 is 0 Å². The second-order valence-corrected chi connectivity index (χ2v) is 8.53. The van der Waals surface area contributed by atoms with Gasteiger partial charge in [0.1, 0.15) is 0 Å². The molecule has 1 aromatic carbocycles. The van der Waals surface area contributed by atoms with Crippen LogP contribution in [0.5, 0.6) is 0 Å².